The Labute approximate surface area is 109 Å². The minimum absolute atomic E-state index is 0.0670. The third-order valence-electron chi connectivity index (χ3n) is 3.27. The van der Waals surface area contributed by atoms with Gasteiger partial charge in [0.25, 0.3) is 11.5 Å². The quantitative estimate of drug-likeness (QED) is 0.561. The van der Waals surface area contributed by atoms with Gasteiger partial charge in [0.1, 0.15) is 5.56 Å². The van der Waals surface area contributed by atoms with Crippen molar-refractivity contribution in [1.82, 2.24) is 19.8 Å². The molecule has 1 atom stereocenters. The van der Waals surface area contributed by atoms with Gasteiger partial charge in [0.2, 0.25) is 0 Å². The van der Waals surface area contributed by atoms with Crippen LogP contribution in [0.2, 0.25) is 0 Å². The van der Waals surface area contributed by atoms with Gasteiger partial charge in [0.05, 0.1) is 6.04 Å². The zero-order valence-corrected chi connectivity index (χ0v) is 10.7. The lowest BCUT2D eigenvalue weighted by Gasteiger charge is -2.39. The number of H-pyrrole nitrogens is 2. The summed E-state index contributed by atoms with van der Waals surface area (Å²) in [7, 11) is 1.96. The highest BCUT2D eigenvalue weighted by atomic mass is 16.2. The first-order chi connectivity index (χ1) is 9.02. The van der Waals surface area contributed by atoms with Crippen LogP contribution in [0.4, 0.5) is 0 Å². The van der Waals surface area contributed by atoms with Crippen LogP contribution in [-0.4, -0.2) is 64.9 Å². The van der Waals surface area contributed by atoms with E-state index in [9.17, 15) is 14.4 Å². The molecule has 0 aliphatic carbocycles. The van der Waals surface area contributed by atoms with E-state index >= 15 is 0 Å². The molecular weight excluding hydrogens is 250 g/mol. The number of nitrogens with two attached hydrogens (primary N) is 1. The highest BCUT2D eigenvalue weighted by molar-refractivity contribution is 5.93. The fourth-order valence-corrected chi connectivity index (χ4v) is 2.20. The number of piperazine rings is 1. The molecule has 1 aliphatic rings. The van der Waals surface area contributed by atoms with E-state index in [1.807, 2.05) is 12.0 Å². The Morgan fingerprint density at radius 1 is 1.47 bits per heavy atom. The van der Waals surface area contributed by atoms with Gasteiger partial charge in [0.15, 0.2) is 0 Å². The molecule has 1 aromatic rings. The summed E-state index contributed by atoms with van der Waals surface area (Å²) in [4.78, 5) is 42.9. The van der Waals surface area contributed by atoms with Crippen LogP contribution in [-0.2, 0) is 0 Å². The van der Waals surface area contributed by atoms with Gasteiger partial charge >= 0.3 is 5.69 Å². The van der Waals surface area contributed by atoms with Crippen molar-refractivity contribution in [3.63, 3.8) is 0 Å². The van der Waals surface area contributed by atoms with Gasteiger partial charge in [-0.15, -0.1) is 0 Å². The van der Waals surface area contributed by atoms with Crippen molar-refractivity contribution in [2.45, 2.75) is 6.04 Å². The van der Waals surface area contributed by atoms with Gasteiger partial charge in [-0.3, -0.25) is 14.6 Å². The van der Waals surface area contributed by atoms with Crippen molar-refractivity contribution in [2.24, 2.45) is 5.73 Å². The van der Waals surface area contributed by atoms with E-state index in [1.165, 1.54) is 0 Å². The zero-order valence-electron chi connectivity index (χ0n) is 10.7. The maximum absolute atomic E-state index is 12.3. The van der Waals surface area contributed by atoms with Crippen molar-refractivity contribution in [1.29, 1.82) is 0 Å². The third kappa shape index (κ3) is 2.74. The molecule has 0 bridgehead atoms. The van der Waals surface area contributed by atoms with Crippen LogP contribution in [0.25, 0.3) is 0 Å². The second kappa shape index (κ2) is 5.37. The molecule has 8 nitrogen and oxygen atoms in total. The Kier molecular flexibility index (Phi) is 3.82. The van der Waals surface area contributed by atoms with Crippen molar-refractivity contribution < 1.29 is 4.79 Å². The van der Waals surface area contributed by atoms with E-state index in [-0.39, 0.29) is 11.6 Å². The largest absolute Gasteiger partial charge is 0.332 e. The highest BCUT2D eigenvalue weighted by Gasteiger charge is 2.29. The number of aromatic amines is 2. The number of likely N-dealkylation sites (N-methyl/N-ethyl adjacent to an activating group) is 1. The summed E-state index contributed by atoms with van der Waals surface area (Å²) >= 11 is 0. The SMILES string of the molecule is CN1CCN(C(=O)c2c[nH]c(=O)[nH]c2=O)C(CN)C1. The number of amides is 1. The first kappa shape index (κ1) is 13.5. The lowest BCUT2D eigenvalue weighted by atomic mass is 10.1. The Morgan fingerprint density at radius 3 is 2.84 bits per heavy atom. The molecule has 8 heteroatoms. The summed E-state index contributed by atoms with van der Waals surface area (Å²) in [5.74, 6) is -0.402. The number of hydrogen-bond acceptors (Lipinski definition) is 5. The number of rotatable bonds is 2. The summed E-state index contributed by atoms with van der Waals surface area (Å²) in [5.41, 5.74) is 4.30. The fourth-order valence-electron chi connectivity index (χ4n) is 2.20. The van der Waals surface area contributed by atoms with Gasteiger partial charge in [-0.25, -0.2) is 4.79 Å². The topological polar surface area (TPSA) is 115 Å². The van der Waals surface area contributed by atoms with E-state index < -0.39 is 17.2 Å². The van der Waals surface area contributed by atoms with E-state index in [0.29, 0.717) is 19.6 Å². The molecule has 1 amide bonds. The Hall–Kier alpha value is -1.93. The van der Waals surface area contributed by atoms with Crippen molar-refractivity contribution in [2.75, 3.05) is 33.2 Å². The van der Waals surface area contributed by atoms with Gasteiger partial charge in [-0.05, 0) is 7.05 Å². The van der Waals surface area contributed by atoms with Crippen LogP contribution >= 0.6 is 0 Å². The van der Waals surface area contributed by atoms with Crippen LogP contribution < -0.4 is 17.0 Å². The van der Waals surface area contributed by atoms with E-state index in [2.05, 4.69) is 9.88 Å². The van der Waals surface area contributed by atoms with E-state index in [4.69, 9.17) is 5.73 Å². The second-order valence-electron chi connectivity index (χ2n) is 4.64. The summed E-state index contributed by atoms with van der Waals surface area (Å²) in [6.07, 6.45) is 1.15. The Balaban J connectivity index is 2.27. The van der Waals surface area contributed by atoms with E-state index in [1.54, 1.807) is 4.90 Å². The lowest BCUT2D eigenvalue weighted by Crippen LogP contribution is -2.57. The summed E-state index contributed by atoms with van der Waals surface area (Å²) in [6.45, 7) is 2.24. The van der Waals surface area contributed by atoms with Crippen LogP contribution in [0.3, 0.4) is 0 Å². The molecule has 0 aromatic carbocycles. The van der Waals surface area contributed by atoms with Gasteiger partial charge in [-0.2, -0.15) is 0 Å². The number of carbonyl (C=O) groups excluding carboxylic acids is 1. The predicted molar refractivity (Wildman–Crippen MR) is 69.1 cm³/mol. The van der Waals surface area contributed by atoms with Crippen molar-refractivity contribution in [3.05, 3.63) is 32.6 Å². The molecule has 0 spiro atoms. The normalized spacial score (nSPS) is 20.5. The van der Waals surface area contributed by atoms with Crippen LogP contribution in [0.15, 0.2) is 15.8 Å². The predicted octanol–water partition coefficient (Wildman–Crippen LogP) is -2.22. The number of carbonyl (C=O) groups is 1. The fraction of sp³-hybridized carbons (Fsp3) is 0.545. The average Bonchev–Trinajstić information content (AvgIpc) is 2.37. The number of hydrogen-bond donors (Lipinski definition) is 3. The molecular formula is C11H17N5O3. The standard InChI is InChI=1S/C11H17N5O3/c1-15-2-3-16(7(4-12)6-15)10(18)8-5-13-11(19)14-9(8)17/h5,7H,2-4,6,12H2,1H3,(H2,13,14,17,19). The van der Waals surface area contributed by atoms with Crippen molar-refractivity contribution >= 4 is 5.91 Å². The molecule has 104 valence electrons. The summed E-state index contributed by atoms with van der Waals surface area (Å²) in [5, 5.41) is 0. The molecule has 1 aromatic heterocycles. The monoisotopic (exact) mass is 267 g/mol. The third-order valence-corrected chi connectivity index (χ3v) is 3.27. The minimum Gasteiger partial charge on any atom is -0.332 e. The highest BCUT2D eigenvalue weighted by Crippen LogP contribution is 2.10. The molecule has 1 unspecified atom stereocenters. The van der Waals surface area contributed by atoms with Gasteiger partial charge < -0.3 is 20.5 Å². The van der Waals surface area contributed by atoms with Gasteiger partial charge in [0, 0.05) is 32.4 Å². The average molecular weight is 267 g/mol. The lowest BCUT2D eigenvalue weighted by molar-refractivity contribution is 0.0513. The summed E-state index contributed by atoms with van der Waals surface area (Å²) in [6, 6.07) is -0.127. The molecule has 4 N–H and O–H groups in total. The molecule has 0 radical (unpaired) electrons. The Bertz CT molecular complexity index is 578. The van der Waals surface area contributed by atoms with Crippen LogP contribution in [0.1, 0.15) is 10.4 Å². The first-order valence-electron chi connectivity index (χ1n) is 6.04. The molecule has 1 saturated heterocycles. The smallest absolute Gasteiger partial charge is 0.325 e. The van der Waals surface area contributed by atoms with Crippen LogP contribution in [0, 0.1) is 0 Å². The van der Waals surface area contributed by atoms with Crippen LogP contribution in [0.5, 0.6) is 0 Å². The first-order valence-corrected chi connectivity index (χ1v) is 6.04. The minimum atomic E-state index is -0.677. The van der Waals surface area contributed by atoms with Crippen molar-refractivity contribution in [3.8, 4) is 0 Å². The molecule has 1 fully saturated rings. The van der Waals surface area contributed by atoms with Gasteiger partial charge in [-0.1, -0.05) is 0 Å². The zero-order chi connectivity index (χ0) is 14.0. The molecule has 19 heavy (non-hydrogen) atoms. The molecule has 2 heterocycles. The molecule has 0 saturated carbocycles. The second-order valence-corrected chi connectivity index (χ2v) is 4.64. The molecule has 2 rings (SSSR count). The summed E-state index contributed by atoms with van der Waals surface area (Å²) < 4.78 is 0. The van der Waals surface area contributed by atoms with E-state index in [0.717, 1.165) is 12.7 Å². The maximum Gasteiger partial charge on any atom is 0.325 e. The maximum atomic E-state index is 12.3. The molecule has 1 aliphatic heterocycles. The number of nitrogens with one attached hydrogen (secondary N) is 2. The number of nitrogens with zero attached hydrogens (tertiary/aromatic N) is 2. The Morgan fingerprint density at radius 2 is 2.21 bits per heavy atom. The number of aromatic nitrogens is 2.